The van der Waals surface area contributed by atoms with Crippen molar-refractivity contribution < 1.29 is 4.39 Å². The maximum Gasteiger partial charge on any atom is 0.128 e. The van der Waals surface area contributed by atoms with Crippen LogP contribution in [-0.2, 0) is 5.75 Å². The van der Waals surface area contributed by atoms with Gasteiger partial charge in [0.05, 0.1) is 11.6 Å². The second kappa shape index (κ2) is 6.51. The van der Waals surface area contributed by atoms with Crippen molar-refractivity contribution in [2.45, 2.75) is 5.75 Å². The molecule has 0 radical (unpaired) electrons. The standard InChI is InChI=1S/C12H15FN2S/c1-15(2)5-6-16-9-11-4-3-10(8-14)7-12(11)13/h3-4,7H,5-6,9H2,1-2H3. The normalized spacial score (nSPS) is 10.4. The van der Waals surface area contributed by atoms with E-state index < -0.39 is 0 Å². The van der Waals surface area contributed by atoms with E-state index >= 15 is 0 Å². The summed E-state index contributed by atoms with van der Waals surface area (Å²) in [5.41, 5.74) is 1.04. The topological polar surface area (TPSA) is 27.0 Å². The minimum Gasteiger partial charge on any atom is -0.309 e. The third-order valence-corrected chi connectivity index (χ3v) is 3.11. The number of hydrogen-bond donors (Lipinski definition) is 0. The molecule has 0 aliphatic carbocycles. The molecule has 2 nitrogen and oxygen atoms in total. The summed E-state index contributed by atoms with van der Waals surface area (Å²) in [6.07, 6.45) is 0. The molecule has 0 amide bonds. The van der Waals surface area contributed by atoms with Crippen molar-refractivity contribution in [2.24, 2.45) is 0 Å². The first-order chi connectivity index (χ1) is 7.63. The molecule has 86 valence electrons. The molecule has 0 saturated heterocycles. The summed E-state index contributed by atoms with van der Waals surface area (Å²) in [5.74, 6) is 1.36. The molecule has 0 spiro atoms. The van der Waals surface area contributed by atoms with Gasteiger partial charge in [0, 0.05) is 18.1 Å². The zero-order valence-corrected chi connectivity index (χ0v) is 10.4. The molecule has 0 fully saturated rings. The Balaban J connectivity index is 2.46. The maximum absolute atomic E-state index is 13.4. The summed E-state index contributed by atoms with van der Waals surface area (Å²) in [7, 11) is 4.03. The van der Waals surface area contributed by atoms with Crippen LogP contribution in [0.5, 0.6) is 0 Å². The summed E-state index contributed by atoms with van der Waals surface area (Å²) in [4.78, 5) is 2.10. The molecule has 0 aromatic heterocycles. The fourth-order valence-electron chi connectivity index (χ4n) is 1.16. The lowest BCUT2D eigenvalue weighted by atomic mass is 10.1. The highest BCUT2D eigenvalue weighted by atomic mass is 32.2. The first-order valence-electron chi connectivity index (χ1n) is 5.04. The van der Waals surface area contributed by atoms with Gasteiger partial charge in [-0.05, 0) is 31.8 Å². The van der Waals surface area contributed by atoms with Gasteiger partial charge >= 0.3 is 0 Å². The number of benzene rings is 1. The summed E-state index contributed by atoms with van der Waals surface area (Å²) in [6.45, 7) is 0.989. The van der Waals surface area contributed by atoms with Crippen LogP contribution in [-0.4, -0.2) is 31.3 Å². The lowest BCUT2D eigenvalue weighted by Crippen LogP contribution is -2.14. The molecule has 0 bridgehead atoms. The molecule has 0 unspecified atom stereocenters. The quantitative estimate of drug-likeness (QED) is 0.737. The molecule has 0 N–H and O–H groups in total. The van der Waals surface area contributed by atoms with Crippen molar-refractivity contribution in [3.63, 3.8) is 0 Å². The molecule has 4 heteroatoms. The smallest absolute Gasteiger partial charge is 0.128 e. The van der Waals surface area contributed by atoms with Crippen LogP contribution < -0.4 is 0 Å². The Bertz CT molecular complexity index is 385. The molecule has 0 heterocycles. The van der Waals surface area contributed by atoms with Gasteiger partial charge in [0.25, 0.3) is 0 Å². The minimum absolute atomic E-state index is 0.281. The minimum atomic E-state index is -0.281. The Hall–Kier alpha value is -1.05. The highest BCUT2D eigenvalue weighted by Gasteiger charge is 2.03. The summed E-state index contributed by atoms with van der Waals surface area (Å²) in [5, 5.41) is 8.60. The zero-order chi connectivity index (χ0) is 12.0. The summed E-state index contributed by atoms with van der Waals surface area (Å²) < 4.78 is 13.4. The second-order valence-electron chi connectivity index (χ2n) is 3.77. The molecule has 0 aliphatic rings. The fraction of sp³-hybridized carbons (Fsp3) is 0.417. The Labute approximate surface area is 100 Å². The van der Waals surface area contributed by atoms with Crippen LogP contribution >= 0.6 is 11.8 Å². The van der Waals surface area contributed by atoms with Crippen LogP contribution in [0.25, 0.3) is 0 Å². The Morgan fingerprint density at radius 3 is 2.75 bits per heavy atom. The largest absolute Gasteiger partial charge is 0.309 e. The van der Waals surface area contributed by atoms with E-state index in [0.717, 1.165) is 12.3 Å². The molecule has 1 aromatic rings. The van der Waals surface area contributed by atoms with Crippen molar-refractivity contribution >= 4 is 11.8 Å². The average Bonchev–Trinajstić information content (AvgIpc) is 2.25. The van der Waals surface area contributed by atoms with Gasteiger partial charge in [0.15, 0.2) is 0 Å². The van der Waals surface area contributed by atoms with E-state index in [1.54, 1.807) is 23.9 Å². The molecule has 0 atom stereocenters. The van der Waals surface area contributed by atoms with Gasteiger partial charge in [0.2, 0.25) is 0 Å². The molecule has 16 heavy (non-hydrogen) atoms. The van der Waals surface area contributed by atoms with E-state index in [1.807, 2.05) is 20.2 Å². The first kappa shape index (κ1) is 13.0. The van der Waals surface area contributed by atoms with Gasteiger partial charge in [-0.2, -0.15) is 17.0 Å². The third kappa shape index (κ3) is 4.21. The van der Waals surface area contributed by atoms with E-state index in [-0.39, 0.29) is 5.82 Å². The van der Waals surface area contributed by atoms with Crippen molar-refractivity contribution in [1.82, 2.24) is 4.90 Å². The predicted octanol–water partition coefficient (Wildman–Crippen LogP) is 2.49. The van der Waals surface area contributed by atoms with Gasteiger partial charge in [-0.3, -0.25) is 0 Å². The van der Waals surface area contributed by atoms with Crippen LogP contribution in [0, 0.1) is 17.1 Å². The number of halogens is 1. The molecule has 0 saturated carbocycles. The maximum atomic E-state index is 13.4. The summed E-state index contributed by atoms with van der Waals surface area (Å²) in [6, 6.07) is 6.57. The highest BCUT2D eigenvalue weighted by molar-refractivity contribution is 7.98. The van der Waals surface area contributed by atoms with Gasteiger partial charge in [-0.15, -0.1) is 0 Å². The van der Waals surface area contributed by atoms with Crippen molar-refractivity contribution in [3.05, 3.63) is 35.1 Å². The SMILES string of the molecule is CN(C)CCSCc1ccc(C#N)cc1F. The number of nitrogens with zero attached hydrogens (tertiary/aromatic N) is 2. The molecule has 1 rings (SSSR count). The Morgan fingerprint density at radius 2 is 2.19 bits per heavy atom. The van der Waals surface area contributed by atoms with Gasteiger partial charge in [-0.1, -0.05) is 6.07 Å². The second-order valence-corrected chi connectivity index (χ2v) is 4.88. The molecule has 1 aromatic carbocycles. The Kier molecular flexibility index (Phi) is 5.30. The van der Waals surface area contributed by atoms with E-state index in [1.165, 1.54) is 6.07 Å². The molecular weight excluding hydrogens is 223 g/mol. The third-order valence-electron chi connectivity index (χ3n) is 2.12. The number of rotatable bonds is 5. The van der Waals surface area contributed by atoms with Crippen molar-refractivity contribution in [2.75, 3.05) is 26.4 Å². The summed E-state index contributed by atoms with van der Waals surface area (Å²) >= 11 is 1.70. The molecule has 0 aliphatic heterocycles. The lowest BCUT2D eigenvalue weighted by molar-refractivity contribution is 0.437. The highest BCUT2D eigenvalue weighted by Crippen LogP contribution is 2.16. The monoisotopic (exact) mass is 238 g/mol. The lowest BCUT2D eigenvalue weighted by Gasteiger charge is -2.09. The van der Waals surface area contributed by atoms with Gasteiger partial charge in [-0.25, -0.2) is 4.39 Å². The van der Waals surface area contributed by atoms with Crippen LogP contribution in [0.4, 0.5) is 4.39 Å². The van der Waals surface area contributed by atoms with E-state index in [9.17, 15) is 4.39 Å². The van der Waals surface area contributed by atoms with Gasteiger partial charge in [0.1, 0.15) is 5.82 Å². The van der Waals surface area contributed by atoms with Gasteiger partial charge < -0.3 is 4.90 Å². The number of thioether (sulfide) groups is 1. The van der Waals surface area contributed by atoms with Crippen LogP contribution in [0.1, 0.15) is 11.1 Å². The van der Waals surface area contributed by atoms with Crippen LogP contribution in [0.15, 0.2) is 18.2 Å². The van der Waals surface area contributed by atoms with Crippen LogP contribution in [0.3, 0.4) is 0 Å². The average molecular weight is 238 g/mol. The fourth-order valence-corrected chi connectivity index (χ4v) is 2.26. The van der Waals surface area contributed by atoms with E-state index in [4.69, 9.17) is 5.26 Å². The zero-order valence-electron chi connectivity index (χ0n) is 9.53. The number of hydrogen-bond acceptors (Lipinski definition) is 3. The van der Waals surface area contributed by atoms with E-state index in [2.05, 4.69) is 4.90 Å². The van der Waals surface area contributed by atoms with Crippen LogP contribution in [0.2, 0.25) is 0 Å². The molecular formula is C12H15FN2S. The Morgan fingerprint density at radius 1 is 1.44 bits per heavy atom. The first-order valence-corrected chi connectivity index (χ1v) is 6.20. The van der Waals surface area contributed by atoms with Crippen molar-refractivity contribution in [3.8, 4) is 6.07 Å². The number of nitriles is 1. The van der Waals surface area contributed by atoms with E-state index in [0.29, 0.717) is 16.9 Å². The predicted molar refractivity (Wildman–Crippen MR) is 65.8 cm³/mol. The van der Waals surface area contributed by atoms with Crippen molar-refractivity contribution in [1.29, 1.82) is 5.26 Å².